The van der Waals surface area contributed by atoms with E-state index in [2.05, 4.69) is 20.5 Å². The molecule has 0 fully saturated rings. The quantitative estimate of drug-likeness (QED) is 0.706. The van der Waals surface area contributed by atoms with Gasteiger partial charge in [-0.2, -0.15) is 10.2 Å². The van der Waals surface area contributed by atoms with Crippen molar-refractivity contribution in [1.29, 1.82) is 0 Å². The number of hydrogen-bond donors (Lipinski definition) is 1. The Hall–Kier alpha value is -3.23. The molecule has 0 unspecified atom stereocenters. The summed E-state index contributed by atoms with van der Waals surface area (Å²) in [7, 11) is 2.97. The molecule has 0 radical (unpaired) electrons. The van der Waals surface area contributed by atoms with Crippen molar-refractivity contribution in [2.24, 2.45) is 7.05 Å². The first-order chi connectivity index (χ1) is 12.8. The molecule has 0 spiro atoms. The molecule has 3 aromatic rings. The molecule has 1 amide bonds. The van der Waals surface area contributed by atoms with E-state index in [9.17, 15) is 9.59 Å². The van der Waals surface area contributed by atoms with Crippen LogP contribution in [0.5, 0.6) is 0 Å². The van der Waals surface area contributed by atoms with E-state index >= 15 is 0 Å². The summed E-state index contributed by atoms with van der Waals surface area (Å²) in [5.74, 6) is -0.967. The summed E-state index contributed by atoms with van der Waals surface area (Å²) < 4.78 is 8.06. The maximum Gasteiger partial charge on any atom is 0.360 e. The van der Waals surface area contributed by atoms with E-state index in [1.165, 1.54) is 11.8 Å². The number of carbonyl (C=O) groups is 2. The summed E-state index contributed by atoms with van der Waals surface area (Å²) >= 11 is 0. The van der Waals surface area contributed by atoms with Gasteiger partial charge in [0.25, 0.3) is 5.91 Å². The zero-order valence-electron chi connectivity index (χ0n) is 16.2. The second-order valence-corrected chi connectivity index (χ2v) is 6.29. The summed E-state index contributed by atoms with van der Waals surface area (Å²) in [5.41, 5.74) is 3.59. The predicted molar refractivity (Wildman–Crippen MR) is 99.9 cm³/mol. The highest BCUT2D eigenvalue weighted by Gasteiger charge is 2.24. The molecule has 9 heteroatoms. The van der Waals surface area contributed by atoms with Gasteiger partial charge in [-0.25, -0.2) is 14.5 Å². The Bertz CT molecular complexity index is 1060. The first-order valence-corrected chi connectivity index (χ1v) is 8.56. The Morgan fingerprint density at radius 3 is 2.56 bits per heavy atom. The lowest BCUT2D eigenvalue weighted by Crippen LogP contribution is -2.16. The zero-order valence-corrected chi connectivity index (χ0v) is 16.2. The van der Waals surface area contributed by atoms with Crippen LogP contribution < -0.4 is 5.32 Å². The van der Waals surface area contributed by atoms with Crippen LogP contribution in [0.1, 0.15) is 44.9 Å². The van der Waals surface area contributed by atoms with E-state index in [1.54, 1.807) is 24.7 Å². The van der Waals surface area contributed by atoms with Gasteiger partial charge < -0.3 is 10.1 Å². The van der Waals surface area contributed by atoms with Crippen LogP contribution in [0.2, 0.25) is 0 Å². The number of rotatable bonds is 4. The van der Waals surface area contributed by atoms with E-state index in [4.69, 9.17) is 4.74 Å². The van der Waals surface area contributed by atoms with Crippen LogP contribution in [0.15, 0.2) is 6.07 Å². The summed E-state index contributed by atoms with van der Waals surface area (Å²) in [6, 6.07) is 1.72. The minimum Gasteiger partial charge on any atom is -0.464 e. The predicted octanol–water partition coefficient (Wildman–Crippen LogP) is 2.15. The number of methoxy groups -OCH3 is 1. The van der Waals surface area contributed by atoms with Gasteiger partial charge in [0.1, 0.15) is 0 Å². The number of ether oxygens (including phenoxy) is 1. The van der Waals surface area contributed by atoms with Gasteiger partial charge in [0.15, 0.2) is 11.3 Å². The van der Waals surface area contributed by atoms with Gasteiger partial charge in [-0.15, -0.1) is 0 Å². The Morgan fingerprint density at radius 2 is 1.93 bits per heavy atom. The third-order valence-electron chi connectivity index (χ3n) is 4.50. The van der Waals surface area contributed by atoms with Gasteiger partial charge in [-0.05, 0) is 33.8 Å². The molecule has 0 aliphatic carbocycles. The number of nitrogens with zero attached hydrogens (tertiary/aromatic N) is 5. The van der Waals surface area contributed by atoms with Crippen LogP contribution in [0.3, 0.4) is 0 Å². The number of esters is 1. The number of fused-ring (bicyclic) bond motifs is 1. The monoisotopic (exact) mass is 370 g/mol. The lowest BCUT2D eigenvalue weighted by Gasteiger charge is -2.09. The van der Waals surface area contributed by atoms with Gasteiger partial charge in [0.2, 0.25) is 0 Å². The largest absolute Gasteiger partial charge is 0.464 e. The van der Waals surface area contributed by atoms with E-state index in [0.717, 1.165) is 5.69 Å². The molecular formula is C18H22N6O3. The van der Waals surface area contributed by atoms with E-state index in [1.807, 2.05) is 20.8 Å². The highest BCUT2D eigenvalue weighted by Crippen LogP contribution is 2.25. The maximum atomic E-state index is 13.1. The summed E-state index contributed by atoms with van der Waals surface area (Å²) in [6.07, 6.45) is 0. The highest BCUT2D eigenvalue weighted by molar-refractivity contribution is 6.14. The normalized spacial score (nSPS) is 11.0. The molecule has 0 saturated heterocycles. The Kier molecular flexibility index (Phi) is 4.69. The summed E-state index contributed by atoms with van der Waals surface area (Å²) in [6.45, 7) is 8.06. The molecule has 3 heterocycles. The number of hydrogen-bond acceptors (Lipinski definition) is 6. The van der Waals surface area contributed by atoms with Crippen LogP contribution in [-0.2, 0) is 18.3 Å². The summed E-state index contributed by atoms with van der Waals surface area (Å²) in [5, 5.41) is 12.1. The summed E-state index contributed by atoms with van der Waals surface area (Å²) in [4.78, 5) is 29.6. The van der Waals surface area contributed by atoms with Crippen molar-refractivity contribution in [1.82, 2.24) is 24.5 Å². The lowest BCUT2D eigenvalue weighted by atomic mass is 10.1. The van der Waals surface area contributed by atoms with Crippen LogP contribution in [0, 0.1) is 20.8 Å². The number of nitrogens with one attached hydrogen (secondary N) is 1. The van der Waals surface area contributed by atoms with Gasteiger partial charge in [0.05, 0.1) is 35.1 Å². The van der Waals surface area contributed by atoms with Crippen molar-refractivity contribution in [2.75, 3.05) is 12.4 Å². The fraction of sp³-hybridized carbons (Fsp3) is 0.389. The molecule has 3 aromatic heterocycles. The van der Waals surface area contributed by atoms with Crippen molar-refractivity contribution in [3.05, 3.63) is 34.4 Å². The minimum atomic E-state index is -0.611. The Balaban J connectivity index is 2.11. The molecule has 1 N–H and O–H groups in total. The van der Waals surface area contributed by atoms with Crippen molar-refractivity contribution >= 4 is 28.6 Å². The fourth-order valence-corrected chi connectivity index (χ4v) is 3.06. The molecule has 0 atom stereocenters. The third kappa shape index (κ3) is 3.05. The SMILES string of the molecule is CCn1nc(C)c2c(C(=O)Nc3c(C(=O)OC)nn(C)c3C)cc(C)nc21. The molecule has 3 rings (SSSR count). The average molecular weight is 370 g/mol. The zero-order chi connectivity index (χ0) is 19.9. The topological polar surface area (TPSA) is 104 Å². The minimum absolute atomic E-state index is 0.0637. The van der Waals surface area contributed by atoms with E-state index in [-0.39, 0.29) is 11.6 Å². The first-order valence-electron chi connectivity index (χ1n) is 8.56. The van der Waals surface area contributed by atoms with Gasteiger partial charge >= 0.3 is 5.97 Å². The molecule has 0 aliphatic heterocycles. The second-order valence-electron chi connectivity index (χ2n) is 6.29. The van der Waals surface area contributed by atoms with Crippen molar-refractivity contribution in [3.8, 4) is 0 Å². The van der Waals surface area contributed by atoms with Crippen LogP contribution in [0.25, 0.3) is 11.0 Å². The first kappa shape index (κ1) is 18.6. The molecule has 0 aliphatic rings. The second kappa shape index (κ2) is 6.82. The molecule has 0 aromatic carbocycles. The van der Waals surface area contributed by atoms with E-state index in [0.29, 0.717) is 40.2 Å². The molecule has 142 valence electrons. The average Bonchev–Trinajstić information content (AvgIpc) is 3.11. The molecule has 27 heavy (non-hydrogen) atoms. The highest BCUT2D eigenvalue weighted by atomic mass is 16.5. The lowest BCUT2D eigenvalue weighted by molar-refractivity contribution is 0.0594. The third-order valence-corrected chi connectivity index (χ3v) is 4.50. The fourth-order valence-electron chi connectivity index (χ4n) is 3.06. The van der Waals surface area contributed by atoms with E-state index < -0.39 is 5.97 Å². The van der Waals surface area contributed by atoms with Crippen molar-refractivity contribution in [3.63, 3.8) is 0 Å². The van der Waals surface area contributed by atoms with Crippen LogP contribution in [-0.4, -0.2) is 43.5 Å². The van der Waals surface area contributed by atoms with Crippen LogP contribution in [0.4, 0.5) is 5.69 Å². The molecule has 0 saturated carbocycles. The molecular weight excluding hydrogens is 348 g/mol. The van der Waals surface area contributed by atoms with Gasteiger partial charge in [0, 0.05) is 19.3 Å². The Morgan fingerprint density at radius 1 is 1.22 bits per heavy atom. The standard InChI is InChI=1S/C18H22N6O3/c1-7-24-16-13(10(3)21-24)12(8-9(2)19-16)17(25)20-14-11(4)23(5)22-15(14)18(26)27-6/h8H,7H2,1-6H3,(H,20,25). The smallest absolute Gasteiger partial charge is 0.360 e. The van der Waals surface area contributed by atoms with Crippen molar-refractivity contribution < 1.29 is 14.3 Å². The van der Waals surface area contributed by atoms with Gasteiger partial charge in [-0.1, -0.05) is 0 Å². The number of pyridine rings is 1. The molecule has 0 bridgehead atoms. The number of amides is 1. The number of anilines is 1. The van der Waals surface area contributed by atoms with Gasteiger partial charge in [-0.3, -0.25) is 9.48 Å². The number of aromatic nitrogens is 5. The number of carbonyl (C=O) groups excluding carboxylic acids is 2. The van der Waals surface area contributed by atoms with Crippen molar-refractivity contribution in [2.45, 2.75) is 34.2 Å². The Labute approximate surface area is 156 Å². The number of aryl methyl sites for hydroxylation is 4. The molecule has 9 nitrogen and oxygen atoms in total. The van der Waals surface area contributed by atoms with Crippen LogP contribution >= 0.6 is 0 Å². The maximum absolute atomic E-state index is 13.1.